The van der Waals surface area contributed by atoms with Crippen molar-refractivity contribution in [2.45, 2.75) is 58.0 Å². The third kappa shape index (κ3) is 2.54. The zero-order valence-electron chi connectivity index (χ0n) is 10.3. The zero-order chi connectivity index (χ0) is 10.8. The van der Waals surface area contributed by atoms with E-state index in [-0.39, 0.29) is 0 Å². The summed E-state index contributed by atoms with van der Waals surface area (Å²) in [5.41, 5.74) is 5.78. The molecule has 0 aromatic heterocycles. The molecular weight excluding hydrogens is 184 g/mol. The fourth-order valence-electron chi connectivity index (χ4n) is 3.42. The molecule has 1 aliphatic carbocycles. The van der Waals surface area contributed by atoms with Crippen LogP contribution in [0.25, 0.3) is 0 Å². The van der Waals surface area contributed by atoms with E-state index in [9.17, 15) is 0 Å². The van der Waals surface area contributed by atoms with Crippen molar-refractivity contribution in [3.8, 4) is 0 Å². The molecule has 1 aliphatic heterocycles. The molecule has 2 atom stereocenters. The minimum Gasteiger partial charge on any atom is -0.330 e. The van der Waals surface area contributed by atoms with E-state index < -0.39 is 0 Å². The molecule has 2 rings (SSSR count). The van der Waals surface area contributed by atoms with Crippen molar-refractivity contribution in [1.29, 1.82) is 0 Å². The molecule has 2 heteroatoms. The lowest BCUT2D eigenvalue weighted by atomic mass is 9.86. The largest absolute Gasteiger partial charge is 0.330 e. The maximum Gasteiger partial charge on any atom is 0.00984 e. The molecule has 88 valence electrons. The van der Waals surface area contributed by atoms with Gasteiger partial charge in [0, 0.05) is 18.6 Å². The van der Waals surface area contributed by atoms with Crippen LogP contribution in [0.15, 0.2) is 0 Å². The van der Waals surface area contributed by atoms with Crippen LogP contribution in [0.2, 0.25) is 0 Å². The van der Waals surface area contributed by atoms with Crippen LogP contribution in [0.5, 0.6) is 0 Å². The fraction of sp³-hybridized carbons (Fsp3) is 1.00. The van der Waals surface area contributed by atoms with Crippen LogP contribution in [0, 0.1) is 11.8 Å². The van der Waals surface area contributed by atoms with Gasteiger partial charge in [-0.3, -0.25) is 4.90 Å². The standard InChI is InChI=1S/C13H26N2/c1-10-3-5-13(6-4-10)15-9-12(8-14)7-11(15)2/h10-13H,3-9,14H2,1-2H3. The van der Waals surface area contributed by atoms with E-state index in [1.54, 1.807) is 0 Å². The number of hydrogen-bond donors (Lipinski definition) is 1. The Labute approximate surface area is 94.2 Å². The minimum absolute atomic E-state index is 0.763. The summed E-state index contributed by atoms with van der Waals surface area (Å²) in [6.45, 7) is 6.92. The Morgan fingerprint density at radius 1 is 1.13 bits per heavy atom. The third-order valence-electron chi connectivity index (χ3n) is 4.50. The van der Waals surface area contributed by atoms with Gasteiger partial charge in [-0.25, -0.2) is 0 Å². The summed E-state index contributed by atoms with van der Waals surface area (Å²) >= 11 is 0. The highest BCUT2D eigenvalue weighted by atomic mass is 15.2. The normalized spacial score (nSPS) is 43.4. The van der Waals surface area contributed by atoms with Crippen LogP contribution in [0.3, 0.4) is 0 Å². The van der Waals surface area contributed by atoms with E-state index in [1.165, 1.54) is 38.6 Å². The Morgan fingerprint density at radius 3 is 2.33 bits per heavy atom. The van der Waals surface area contributed by atoms with Crippen molar-refractivity contribution in [1.82, 2.24) is 4.90 Å². The SMILES string of the molecule is CC1CCC(N2CC(CN)CC2C)CC1. The molecular formula is C13H26N2. The van der Waals surface area contributed by atoms with Crippen molar-refractivity contribution < 1.29 is 0 Å². The molecule has 2 aliphatic rings. The molecule has 2 nitrogen and oxygen atoms in total. The van der Waals surface area contributed by atoms with Gasteiger partial charge in [0.2, 0.25) is 0 Å². The van der Waals surface area contributed by atoms with Crippen molar-refractivity contribution in [3.63, 3.8) is 0 Å². The molecule has 2 fully saturated rings. The van der Waals surface area contributed by atoms with Crippen molar-refractivity contribution in [2.24, 2.45) is 17.6 Å². The summed E-state index contributed by atoms with van der Waals surface area (Å²) in [4.78, 5) is 2.74. The van der Waals surface area contributed by atoms with Crippen LogP contribution in [0.1, 0.15) is 46.0 Å². The van der Waals surface area contributed by atoms with E-state index in [0.717, 1.165) is 30.5 Å². The lowest BCUT2D eigenvalue weighted by molar-refractivity contribution is 0.132. The lowest BCUT2D eigenvalue weighted by Crippen LogP contribution is -2.40. The number of nitrogens with two attached hydrogens (primary N) is 1. The molecule has 0 bridgehead atoms. The predicted octanol–water partition coefficient (Wildman–Crippen LogP) is 2.23. The van der Waals surface area contributed by atoms with Gasteiger partial charge in [-0.1, -0.05) is 6.92 Å². The molecule has 1 heterocycles. The first-order valence-corrected chi connectivity index (χ1v) is 6.66. The van der Waals surface area contributed by atoms with Crippen LogP contribution < -0.4 is 5.73 Å². The first kappa shape index (κ1) is 11.4. The molecule has 0 radical (unpaired) electrons. The van der Waals surface area contributed by atoms with Crippen LogP contribution in [-0.2, 0) is 0 Å². The number of nitrogens with zero attached hydrogens (tertiary/aromatic N) is 1. The summed E-state index contributed by atoms with van der Waals surface area (Å²) in [5.74, 6) is 1.73. The predicted molar refractivity (Wildman–Crippen MR) is 64.7 cm³/mol. The smallest absolute Gasteiger partial charge is 0.00984 e. The Hall–Kier alpha value is -0.0800. The maximum absolute atomic E-state index is 5.78. The second-order valence-electron chi connectivity index (χ2n) is 5.80. The van der Waals surface area contributed by atoms with Crippen molar-refractivity contribution in [3.05, 3.63) is 0 Å². The molecule has 0 aromatic rings. The Morgan fingerprint density at radius 2 is 1.80 bits per heavy atom. The van der Waals surface area contributed by atoms with Gasteiger partial charge in [-0.15, -0.1) is 0 Å². The van der Waals surface area contributed by atoms with Gasteiger partial charge < -0.3 is 5.73 Å². The van der Waals surface area contributed by atoms with E-state index in [4.69, 9.17) is 5.73 Å². The lowest BCUT2D eigenvalue weighted by Gasteiger charge is -2.36. The average Bonchev–Trinajstić information content (AvgIpc) is 2.61. The van der Waals surface area contributed by atoms with E-state index in [0.29, 0.717) is 0 Å². The van der Waals surface area contributed by atoms with Gasteiger partial charge in [0.05, 0.1) is 0 Å². The van der Waals surface area contributed by atoms with Crippen LogP contribution in [-0.4, -0.2) is 30.1 Å². The van der Waals surface area contributed by atoms with E-state index in [2.05, 4.69) is 18.7 Å². The highest BCUT2D eigenvalue weighted by Crippen LogP contribution is 2.33. The van der Waals surface area contributed by atoms with Crippen LogP contribution >= 0.6 is 0 Å². The molecule has 2 unspecified atom stereocenters. The van der Waals surface area contributed by atoms with Crippen LogP contribution in [0.4, 0.5) is 0 Å². The summed E-state index contributed by atoms with van der Waals surface area (Å²) < 4.78 is 0. The fourth-order valence-corrected chi connectivity index (χ4v) is 3.42. The maximum atomic E-state index is 5.78. The first-order valence-electron chi connectivity index (χ1n) is 6.66. The van der Waals surface area contributed by atoms with Crippen molar-refractivity contribution >= 4 is 0 Å². The van der Waals surface area contributed by atoms with E-state index >= 15 is 0 Å². The second kappa shape index (κ2) is 4.84. The van der Waals surface area contributed by atoms with Gasteiger partial charge in [0.15, 0.2) is 0 Å². The highest BCUT2D eigenvalue weighted by molar-refractivity contribution is 4.89. The average molecular weight is 210 g/mol. The minimum atomic E-state index is 0.763. The molecule has 1 saturated heterocycles. The van der Waals surface area contributed by atoms with Gasteiger partial charge in [0.25, 0.3) is 0 Å². The third-order valence-corrected chi connectivity index (χ3v) is 4.50. The summed E-state index contributed by atoms with van der Waals surface area (Å²) in [6, 6.07) is 1.64. The molecule has 2 N–H and O–H groups in total. The Bertz CT molecular complexity index is 197. The number of rotatable bonds is 2. The van der Waals surface area contributed by atoms with Crippen molar-refractivity contribution in [2.75, 3.05) is 13.1 Å². The van der Waals surface area contributed by atoms with E-state index in [1.807, 2.05) is 0 Å². The highest BCUT2D eigenvalue weighted by Gasteiger charge is 2.34. The quantitative estimate of drug-likeness (QED) is 0.757. The molecule has 15 heavy (non-hydrogen) atoms. The topological polar surface area (TPSA) is 29.3 Å². The van der Waals surface area contributed by atoms with Gasteiger partial charge in [0.1, 0.15) is 0 Å². The Kier molecular flexibility index (Phi) is 3.68. The Balaban J connectivity index is 1.88. The molecule has 1 saturated carbocycles. The number of likely N-dealkylation sites (tertiary alicyclic amines) is 1. The summed E-state index contributed by atoms with van der Waals surface area (Å²) in [6.07, 6.45) is 7.02. The molecule has 0 aromatic carbocycles. The molecule has 0 spiro atoms. The first-order chi connectivity index (χ1) is 7.20. The number of hydrogen-bond acceptors (Lipinski definition) is 2. The zero-order valence-corrected chi connectivity index (χ0v) is 10.3. The second-order valence-corrected chi connectivity index (χ2v) is 5.80. The van der Waals surface area contributed by atoms with Gasteiger partial charge in [-0.05, 0) is 57.4 Å². The van der Waals surface area contributed by atoms with Gasteiger partial charge >= 0.3 is 0 Å². The van der Waals surface area contributed by atoms with Gasteiger partial charge in [-0.2, -0.15) is 0 Å². The summed E-state index contributed by atoms with van der Waals surface area (Å²) in [7, 11) is 0. The monoisotopic (exact) mass is 210 g/mol. The molecule has 0 amide bonds. The summed E-state index contributed by atoms with van der Waals surface area (Å²) in [5, 5.41) is 0.